The van der Waals surface area contributed by atoms with E-state index in [1.54, 1.807) is 0 Å². The predicted octanol–water partition coefficient (Wildman–Crippen LogP) is 1.89. The number of halogens is 2. The van der Waals surface area contributed by atoms with Gasteiger partial charge in [-0.25, -0.2) is 4.79 Å². The van der Waals surface area contributed by atoms with Gasteiger partial charge in [-0.05, 0) is 30.5 Å². The van der Waals surface area contributed by atoms with E-state index in [0.29, 0.717) is 12.2 Å². The Labute approximate surface area is 161 Å². The molecule has 0 saturated heterocycles. The SMILES string of the molecule is COC(=O)C(CCC(N)=O)NC(=O)c1ccc(NCC(C)C)c(OC(F)F)c1. The van der Waals surface area contributed by atoms with Crippen LogP contribution in [0.1, 0.15) is 37.0 Å². The van der Waals surface area contributed by atoms with E-state index in [0.717, 1.165) is 13.2 Å². The molecule has 156 valence electrons. The van der Waals surface area contributed by atoms with Crippen molar-refractivity contribution >= 4 is 23.5 Å². The molecule has 0 aliphatic carbocycles. The summed E-state index contributed by atoms with van der Waals surface area (Å²) in [5.74, 6) is -2.05. The van der Waals surface area contributed by atoms with Gasteiger partial charge in [0.05, 0.1) is 12.8 Å². The lowest BCUT2D eigenvalue weighted by molar-refractivity contribution is -0.143. The van der Waals surface area contributed by atoms with E-state index in [9.17, 15) is 23.2 Å². The summed E-state index contributed by atoms with van der Waals surface area (Å²) in [4.78, 5) is 35.1. The zero-order chi connectivity index (χ0) is 21.3. The van der Waals surface area contributed by atoms with E-state index in [2.05, 4.69) is 20.1 Å². The first-order valence-corrected chi connectivity index (χ1v) is 8.63. The van der Waals surface area contributed by atoms with Crippen LogP contribution < -0.4 is 21.1 Å². The van der Waals surface area contributed by atoms with E-state index in [4.69, 9.17) is 5.73 Å². The zero-order valence-electron chi connectivity index (χ0n) is 16.0. The number of alkyl halides is 2. The Balaban J connectivity index is 3.00. The summed E-state index contributed by atoms with van der Waals surface area (Å²) in [5, 5.41) is 5.37. The molecule has 0 aromatic heterocycles. The Morgan fingerprint density at radius 2 is 1.89 bits per heavy atom. The molecule has 8 nitrogen and oxygen atoms in total. The number of anilines is 1. The molecule has 1 rings (SSSR count). The minimum Gasteiger partial charge on any atom is -0.467 e. The van der Waals surface area contributed by atoms with Crippen molar-refractivity contribution in [2.45, 2.75) is 39.3 Å². The maximum absolute atomic E-state index is 12.7. The molecule has 1 aromatic carbocycles. The number of hydrogen-bond donors (Lipinski definition) is 3. The Morgan fingerprint density at radius 3 is 2.43 bits per heavy atom. The molecule has 0 saturated carbocycles. The molecule has 1 unspecified atom stereocenters. The summed E-state index contributed by atoms with van der Waals surface area (Å²) in [6.07, 6.45) is -0.194. The van der Waals surface area contributed by atoms with E-state index in [1.165, 1.54) is 12.1 Å². The number of benzene rings is 1. The first-order chi connectivity index (χ1) is 13.1. The van der Waals surface area contributed by atoms with Crippen molar-refractivity contribution in [1.29, 1.82) is 0 Å². The van der Waals surface area contributed by atoms with Crippen LogP contribution in [0.25, 0.3) is 0 Å². The van der Waals surface area contributed by atoms with Gasteiger partial charge in [0.2, 0.25) is 5.91 Å². The zero-order valence-corrected chi connectivity index (χ0v) is 16.0. The standard InChI is InChI=1S/C18H25F2N3O5/c1-10(2)9-22-12-5-4-11(8-14(12)28-18(19)20)16(25)23-13(17(26)27-3)6-7-15(21)24/h4-5,8,10,13,18,22H,6-7,9H2,1-3H3,(H2,21,24)(H,23,25). The fourth-order valence-electron chi connectivity index (χ4n) is 2.24. The Bertz CT molecular complexity index is 698. The number of nitrogens with two attached hydrogens (primary N) is 1. The van der Waals surface area contributed by atoms with Crippen molar-refractivity contribution in [3.63, 3.8) is 0 Å². The molecule has 4 N–H and O–H groups in total. The fourth-order valence-corrected chi connectivity index (χ4v) is 2.24. The molecular weight excluding hydrogens is 376 g/mol. The van der Waals surface area contributed by atoms with Gasteiger partial charge in [0, 0.05) is 18.5 Å². The molecule has 1 aromatic rings. The molecule has 0 aliphatic heterocycles. The first-order valence-electron chi connectivity index (χ1n) is 8.63. The summed E-state index contributed by atoms with van der Waals surface area (Å²) in [7, 11) is 1.13. The monoisotopic (exact) mass is 401 g/mol. The molecule has 0 fully saturated rings. The van der Waals surface area contributed by atoms with Crippen LogP contribution >= 0.6 is 0 Å². The average molecular weight is 401 g/mol. The number of ether oxygens (including phenoxy) is 2. The second kappa shape index (κ2) is 11.1. The van der Waals surface area contributed by atoms with Gasteiger partial charge in [-0.1, -0.05) is 13.8 Å². The summed E-state index contributed by atoms with van der Waals surface area (Å²) < 4.78 is 34.5. The van der Waals surface area contributed by atoms with Gasteiger partial charge in [0.15, 0.2) is 0 Å². The third-order valence-electron chi connectivity index (χ3n) is 3.63. The van der Waals surface area contributed by atoms with Crippen molar-refractivity contribution in [2.24, 2.45) is 11.7 Å². The van der Waals surface area contributed by atoms with Crippen LogP contribution in [-0.2, 0) is 14.3 Å². The quantitative estimate of drug-likeness (QED) is 0.487. The smallest absolute Gasteiger partial charge is 0.387 e. The Morgan fingerprint density at radius 1 is 1.21 bits per heavy atom. The number of primary amides is 1. The minimum absolute atomic E-state index is 0.00118. The van der Waals surface area contributed by atoms with E-state index in [-0.39, 0.29) is 30.1 Å². The lowest BCUT2D eigenvalue weighted by Gasteiger charge is -2.18. The summed E-state index contributed by atoms with van der Waals surface area (Å²) >= 11 is 0. The van der Waals surface area contributed by atoms with Crippen molar-refractivity contribution in [3.8, 4) is 5.75 Å². The molecular formula is C18H25F2N3O5. The fraction of sp³-hybridized carbons (Fsp3) is 0.500. The second-order valence-electron chi connectivity index (χ2n) is 6.42. The number of methoxy groups -OCH3 is 1. The van der Waals surface area contributed by atoms with Gasteiger partial charge in [-0.3, -0.25) is 9.59 Å². The number of esters is 1. The van der Waals surface area contributed by atoms with Crippen LogP contribution in [0, 0.1) is 5.92 Å². The van der Waals surface area contributed by atoms with Crippen LogP contribution in [0.4, 0.5) is 14.5 Å². The highest BCUT2D eigenvalue weighted by Gasteiger charge is 2.23. The van der Waals surface area contributed by atoms with Gasteiger partial charge in [-0.15, -0.1) is 0 Å². The predicted molar refractivity (Wildman–Crippen MR) is 98.1 cm³/mol. The average Bonchev–Trinajstić information content (AvgIpc) is 2.62. The maximum Gasteiger partial charge on any atom is 0.387 e. The summed E-state index contributed by atoms with van der Waals surface area (Å²) in [6.45, 7) is 1.34. The van der Waals surface area contributed by atoms with Crippen LogP contribution in [0.3, 0.4) is 0 Å². The highest BCUT2D eigenvalue weighted by molar-refractivity contribution is 5.97. The van der Waals surface area contributed by atoms with Crippen molar-refractivity contribution in [3.05, 3.63) is 23.8 Å². The van der Waals surface area contributed by atoms with Crippen LogP contribution in [0.2, 0.25) is 0 Å². The van der Waals surface area contributed by atoms with Gasteiger partial charge >= 0.3 is 12.6 Å². The number of rotatable bonds is 11. The third-order valence-corrected chi connectivity index (χ3v) is 3.63. The van der Waals surface area contributed by atoms with Crippen molar-refractivity contribution in [1.82, 2.24) is 5.32 Å². The second-order valence-corrected chi connectivity index (χ2v) is 6.42. The van der Waals surface area contributed by atoms with E-state index >= 15 is 0 Å². The minimum atomic E-state index is -3.07. The van der Waals surface area contributed by atoms with Crippen molar-refractivity contribution < 1.29 is 32.6 Å². The maximum atomic E-state index is 12.7. The van der Waals surface area contributed by atoms with Gasteiger partial charge in [0.25, 0.3) is 5.91 Å². The van der Waals surface area contributed by atoms with Crippen molar-refractivity contribution in [2.75, 3.05) is 19.0 Å². The summed E-state index contributed by atoms with van der Waals surface area (Å²) in [5.41, 5.74) is 5.37. The first kappa shape index (κ1) is 23.1. The molecule has 1 atom stereocenters. The third kappa shape index (κ3) is 7.77. The molecule has 28 heavy (non-hydrogen) atoms. The normalized spacial score (nSPS) is 11.8. The molecule has 0 aliphatic rings. The Kier molecular flexibility index (Phi) is 9.13. The lowest BCUT2D eigenvalue weighted by atomic mass is 10.1. The molecule has 0 spiro atoms. The van der Waals surface area contributed by atoms with Gasteiger partial charge in [-0.2, -0.15) is 8.78 Å². The molecule has 0 bridgehead atoms. The van der Waals surface area contributed by atoms with Gasteiger partial charge < -0.3 is 25.8 Å². The largest absolute Gasteiger partial charge is 0.467 e. The number of amides is 2. The Hall–Kier alpha value is -2.91. The highest BCUT2D eigenvalue weighted by atomic mass is 19.3. The van der Waals surface area contributed by atoms with E-state index in [1.807, 2.05) is 13.8 Å². The van der Waals surface area contributed by atoms with E-state index < -0.39 is 30.4 Å². The topological polar surface area (TPSA) is 120 Å². The molecule has 0 heterocycles. The summed E-state index contributed by atoms with van der Waals surface area (Å²) in [6, 6.07) is 2.87. The van der Waals surface area contributed by atoms with Crippen LogP contribution in [0.5, 0.6) is 5.75 Å². The van der Waals surface area contributed by atoms with Crippen LogP contribution in [0.15, 0.2) is 18.2 Å². The molecule has 0 radical (unpaired) electrons. The molecule has 10 heteroatoms. The van der Waals surface area contributed by atoms with Gasteiger partial charge in [0.1, 0.15) is 11.8 Å². The van der Waals surface area contributed by atoms with Crippen LogP contribution in [-0.4, -0.2) is 44.1 Å². The number of carbonyl (C=O) groups is 3. The number of nitrogens with one attached hydrogen (secondary N) is 2. The number of hydrogen-bond acceptors (Lipinski definition) is 6. The highest BCUT2D eigenvalue weighted by Crippen LogP contribution is 2.28. The lowest BCUT2D eigenvalue weighted by Crippen LogP contribution is -2.42. The molecule has 2 amide bonds. The number of carbonyl (C=O) groups excluding carboxylic acids is 3.